The summed E-state index contributed by atoms with van der Waals surface area (Å²) < 4.78 is 29.4. The van der Waals surface area contributed by atoms with E-state index in [0.717, 1.165) is 12.2 Å². The standard InChI is InChI=1S/C15H21NO4S2/c1-3-8-20-13-6-4-5-12(10-13)15(17)16-7-9-21-11-14(16)22(2,18)19/h4-6,10,14H,3,7-9,11H2,1-2H3/t14-/m1/s1. The van der Waals surface area contributed by atoms with Crippen LogP contribution in [0.15, 0.2) is 24.3 Å². The molecule has 1 fully saturated rings. The third kappa shape index (κ3) is 4.16. The molecule has 0 saturated carbocycles. The summed E-state index contributed by atoms with van der Waals surface area (Å²) in [5.74, 6) is 1.56. The monoisotopic (exact) mass is 343 g/mol. The molecule has 0 unspecified atom stereocenters. The minimum atomic E-state index is -3.30. The molecule has 7 heteroatoms. The number of carbonyl (C=O) groups is 1. The molecule has 1 aromatic carbocycles. The summed E-state index contributed by atoms with van der Waals surface area (Å²) in [5.41, 5.74) is 0.467. The van der Waals surface area contributed by atoms with Crippen molar-refractivity contribution in [2.24, 2.45) is 0 Å². The first kappa shape index (κ1) is 17.1. The smallest absolute Gasteiger partial charge is 0.255 e. The van der Waals surface area contributed by atoms with Gasteiger partial charge in [0, 0.05) is 29.9 Å². The predicted octanol–water partition coefficient (Wildman–Crippen LogP) is 2.04. The molecule has 5 nitrogen and oxygen atoms in total. The fourth-order valence-electron chi connectivity index (χ4n) is 2.27. The molecule has 0 spiro atoms. The molecule has 0 bridgehead atoms. The molecule has 1 saturated heterocycles. The lowest BCUT2D eigenvalue weighted by Gasteiger charge is -2.34. The van der Waals surface area contributed by atoms with Crippen molar-refractivity contribution in [3.05, 3.63) is 29.8 Å². The first-order valence-electron chi connectivity index (χ1n) is 7.24. The van der Waals surface area contributed by atoms with Crippen LogP contribution in [0.4, 0.5) is 0 Å². The molecule has 1 heterocycles. The lowest BCUT2D eigenvalue weighted by molar-refractivity contribution is 0.0749. The molecule has 1 amide bonds. The van der Waals surface area contributed by atoms with Gasteiger partial charge < -0.3 is 9.64 Å². The highest BCUT2D eigenvalue weighted by Crippen LogP contribution is 2.23. The number of ether oxygens (including phenoxy) is 1. The second-order valence-electron chi connectivity index (χ2n) is 5.23. The SMILES string of the molecule is CCCOc1cccc(C(=O)N2CCSC[C@H]2S(C)(=O)=O)c1. The van der Waals surface area contributed by atoms with Crippen molar-refractivity contribution in [2.75, 3.05) is 30.9 Å². The quantitative estimate of drug-likeness (QED) is 0.818. The average molecular weight is 343 g/mol. The van der Waals surface area contributed by atoms with Crippen LogP contribution in [0.1, 0.15) is 23.7 Å². The molecule has 0 N–H and O–H groups in total. The number of carbonyl (C=O) groups excluding carboxylic acids is 1. The number of rotatable bonds is 5. The molecule has 22 heavy (non-hydrogen) atoms. The summed E-state index contributed by atoms with van der Waals surface area (Å²) in [5, 5.41) is -0.751. The Balaban J connectivity index is 2.22. The van der Waals surface area contributed by atoms with E-state index in [0.29, 0.717) is 30.2 Å². The summed E-state index contributed by atoms with van der Waals surface area (Å²) >= 11 is 1.56. The van der Waals surface area contributed by atoms with E-state index in [1.54, 1.807) is 36.0 Å². The van der Waals surface area contributed by atoms with Crippen LogP contribution in [0, 0.1) is 0 Å². The highest BCUT2D eigenvalue weighted by Gasteiger charge is 2.34. The Labute approximate surface area is 135 Å². The zero-order valence-electron chi connectivity index (χ0n) is 12.8. The first-order valence-corrected chi connectivity index (χ1v) is 10.3. The van der Waals surface area contributed by atoms with Gasteiger partial charge in [-0.2, -0.15) is 11.8 Å². The third-order valence-corrected chi connectivity index (χ3v) is 6.04. The van der Waals surface area contributed by atoms with Gasteiger partial charge >= 0.3 is 0 Å². The Morgan fingerprint density at radius 3 is 2.91 bits per heavy atom. The zero-order valence-corrected chi connectivity index (χ0v) is 14.5. The summed E-state index contributed by atoms with van der Waals surface area (Å²) in [6.07, 6.45) is 2.07. The molecule has 1 aliphatic rings. The molecule has 2 rings (SSSR count). The van der Waals surface area contributed by atoms with Crippen molar-refractivity contribution >= 4 is 27.5 Å². The van der Waals surface area contributed by atoms with Gasteiger partial charge in [0.2, 0.25) is 0 Å². The maximum atomic E-state index is 12.7. The van der Waals surface area contributed by atoms with Crippen LogP contribution in [-0.2, 0) is 9.84 Å². The number of hydrogen-bond acceptors (Lipinski definition) is 5. The van der Waals surface area contributed by atoms with Gasteiger partial charge in [0.1, 0.15) is 11.1 Å². The molecular weight excluding hydrogens is 322 g/mol. The van der Waals surface area contributed by atoms with Crippen molar-refractivity contribution in [2.45, 2.75) is 18.7 Å². The number of benzene rings is 1. The van der Waals surface area contributed by atoms with Crippen LogP contribution in [0.25, 0.3) is 0 Å². The fraction of sp³-hybridized carbons (Fsp3) is 0.533. The van der Waals surface area contributed by atoms with Crippen molar-refractivity contribution < 1.29 is 17.9 Å². The molecule has 1 aliphatic heterocycles. The number of amides is 1. The fourth-order valence-corrected chi connectivity index (χ4v) is 5.09. The Morgan fingerprint density at radius 1 is 1.45 bits per heavy atom. The number of sulfone groups is 1. The van der Waals surface area contributed by atoms with Crippen molar-refractivity contribution in [1.82, 2.24) is 4.90 Å². The Hall–Kier alpha value is -1.21. The van der Waals surface area contributed by atoms with E-state index in [9.17, 15) is 13.2 Å². The molecular formula is C15H21NO4S2. The molecule has 122 valence electrons. The van der Waals surface area contributed by atoms with E-state index in [2.05, 4.69) is 0 Å². The van der Waals surface area contributed by atoms with Gasteiger partial charge in [-0.15, -0.1) is 0 Å². The van der Waals surface area contributed by atoms with Crippen LogP contribution in [0.3, 0.4) is 0 Å². The zero-order chi connectivity index (χ0) is 16.2. The lowest BCUT2D eigenvalue weighted by Crippen LogP contribution is -2.49. The molecule has 1 atom stereocenters. The van der Waals surface area contributed by atoms with Gasteiger partial charge in [0.05, 0.1) is 6.61 Å². The number of nitrogens with zero attached hydrogens (tertiary/aromatic N) is 1. The minimum absolute atomic E-state index is 0.252. The van der Waals surface area contributed by atoms with E-state index < -0.39 is 15.2 Å². The second kappa shape index (κ2) is 7.37. The Morgan fingerprint density at radius 2 is 2.23 bits per heavy atom. The van der Waals surface area contributed by atoms with Crippen molar-refractivity contribution in [3.8, 4) is 5.75 Å². The summed E-state index contributed by atoms with van der Waals surface area (Å²) in [7, 11) is -3.30. The van der Waals surface area contributed by atoms with E-state index in [-0.39, 0.29) is 5.91 Å². The summed E-state index contributed by atoms with van der Waals surface area (Å²) in [6.45, 7) is 3.04. The van der Waals surface area contributed by atoms with Gasteiger partial charge in [-0.25, -0.2) is 8.42 Å². The van der Waals surface area contributed by atoms with E-state index >= 15 is 0 Å². The Bertz CT molecular complexity index is 630. The van der Waals surface area contributed by atoms with Crippen molar-refractivity contribution in [1.29, 1.82) is 0 Å². The topological polar surface area (TPSA) is 63.7 Å². The van der Waals surface area contributed by atoms with Crippen LogP contribution >= 0.6 is 11.8 Å². The summed E-state index contributed by atoms with van der Waals surface area (Å²) in [4.78, 5) is 14.1. The van der Waals surface area contributed by atoms with E-state index in [1.165, 1.54) is 11.2 Å². The van der Waals surface area contributed by atoms with Gasteiger partial charge in [0.15, 0.2) is 9.84 Å². The first-order chi connectivity index (χ1) is 10.4. The van der Waals surface area contributed by atoms with Crippen LogP contribution in [0.5, 0.6) is 5.75 Å². The third-order valence-electron chi connectivity index (χ3n) is 3.39. The summed E-state index contributed by atoms with van der Waals surface area (Å²) in [6, 6.07) is 6.93. The van der Waals surface area contributed by atoms with Crippen LogP contribution in [0.2, 0.25) is 0 Å². The maximum absolute atomic E-state index is 12.7. The molecule has 1 aromatic rings. The van der Waals surface area contributed by atoms with E-state index in [1.807, 2.05) is 6.92 Å². The van der Waals surface area contributed by atoms with Gasteiger partial charge in [-0.05, 0) is 24.6 Å². The van der Waals surface area contributed by atoms with Crippen molar-refractivity contribution in [3.63, 3.8) is 0 Å². The van der Waals surface area contributed by atoms with Gasteiger partial charge in [-0.3, -0.25) is 4.79 Å². The molecule has 0 aromatic heterocycles. The Kier molecular flexibility index (Phi) is 5.74. The highest BCUT2D eigenvalue weighted by atomic mass is 32.2. The van der Waals surface area contributed by atoms with Gasteiger partial charge in [0.25, 0.3) is 5.91 Å². The molecule has 0 radical (unpaired) electrons. The van der Waals surface area contributed by atoms with Crippen LogP contribution in [-0.4, -0.2) is 55.5 Å². The highest BCUT2D eigenvalue weighted by molar-refractivity contribution is 8.00. The number of hydrogen-bond donors (Lipinski definition) is 0. The van der Waals surface area contributed by atoms with Gasteiger partial charge in [-0.1, -0.05) is 13.0 Å². The largest absolute Gasteiger partial charge is 0.494 e. The average Bonchev–Trinajstić information content (AvgIpc) is 2.51. The van der Waals surface area contributed by atoms with Crippen LogP contribution < -0.4 is 4.74 Å². The normalized spacial score (nSPS) is 19.0. The maximum Gasteiger partial charge on any atom is 0.255 e. The number of thioether (sulfide) groups is 1. The molecule has 0 aliphatic carbocycles. The second-order valence-corrected chi connectivity index (χ2v) is 8.59. The minimum Gasteiger partial charge on any atom is -0.494 e. The van der Waals surface area contributed by atoms with E-state index in [4.69, 9.17) is 4.74 Å². The predicted molar refractivity (Wildman–Crippen MR) is 89.2 cm³/mol. The lowest BCUT2D eigenvalue weighted by atomic mass is 10.2.